The average Bonchev–Trinajstić information content (AvgIpc) is 1.69. The molecule has 0 radical (unpaired) electrons. The van der Waals surface area contributed by atoms with Gasteiger partial charge in [0.25, 0.3) is 0 Å². The van der Waals surface area contributed by atoms with Gasteiger partial charge in [-0.05, 0) is 0 Å². The predicted octanol–water partition coefficient (Wildman–Crippen LogP) is -0.816. The van der Waals surface area contributed by atoms with Crippen LogP contribution in [-0.2, 0) is 0 Å². The van der Waals surface area contributed by atoms with E-state index in [0.29, 0.717) is 0 Å². The van der Waals surface area contributed by atoms with Crippen LogP contribution in [-0.4, -0.2) is 13.1 Å². The van der Waals surface area contributed by atoms with Crippen LogP contribution in [0.4, 0.5) is 0 Å². The van der Waals surface area contributed by atoms with Crippen LogP contribution < -0.4 is 51.4 Å². The molecule has 0 aromatic heterocycles. The summed E-state index contributed by atoms with van der Waals surface area (Å²) in [6.07, 6.45) is 2.53. The van der Waals surface area contributed by atoms with Crippen LogP contribution in [0.5, 0.6) is 0 Å². The first-order valence-electron chi connectivity index (χ1n) is 3.05. The summed E-state index contributed by atoms with van der Waals surface area (Å²) in [7, 11) is 0. The quantitative estimate of drug-likeness (QED) is 0.357. The molecule has 0 aromatic rings. The summed E-state index contributed by atoms with van der Waals surface area (Å²) in [5.41, 5.74) is 0. The smallest absolute Gasteiger partial charge is 0.662 e. The summed E-state index contributed by atoms with van der Waals surface area (Å²) >= 11 is 0. The van der Waals surface area contributed by atoms with E-state index in [4.69, 9.17) is 0 Å². The van der Waals surface area contributed by atoms with Crippen molar-refractivity contribution in [2.45, 2.75) is 26.7 Å². The maximum absolute atomic E-state index is 4.16. The average molecular weight is 139 g/mol. The van der Waals surface area contributed by atoms with Gasteiger partial charge in [-0.3, -0.25) is 0 Å². The van der Waals surface area contributed by atoms with Crippen molar-refractivity contribution in [2.75, 3.05) is 13.1 Å². The number of hydrogen-bond acceptors (Lipinski definition) is 0. The third kappa shape index (κ3) is 10.6. The van der Waals surface area contributed by atoms with Crippen molar-refractivity contribution in [1.82, 2.24) is 0 Å². The molecule has 0 aliphatic carbocycles. The van der Waals surface area contributed by atoms with Crippen LogP contribution >= 0.6 is 0 Å². The minimum Gasteiger partial charge on any atom is -0.662 e. The fourth-order valence-electron chi connectivity index (χ4n) is 0.428. The van der Waals surface area contributed by atoms with Gasteiger partial charge in [0.15, 0.2) is 0 Å². The molecule has 0 bridgehead atoms. The Balaban J connectivity index is 0. The number of rotatable bonds is 4. The molecule has 0 spiro atoms. The van der Waals surface area contributed by atoms with Gasteiger partial charge in [0.1, 0.15) is 0 Å². The zero-order valence-electron chi connectivity index (χ0n) is 6.28. The molecule has 44 valence electrons. The van der Waals surface area contributed by atoms with E-state index in [2.05, 4.69) is 19.2 Å². The fourth-order valence-corrected chi connectivity index (χ4v) is 0.428. The Morgan fingerprint density at radius 3 is 2.25 bits per heavy atom. The summed E-state index contributed by atoms with van der Waals surface area (Å²) < 4.78 is 0. The molecule has 0 saturated heterocycles. The van der Waals surface area contributed by atoms with Crippen molar-refractivity contribution in [3.63, 3.8) is 0 Å². The van der Waals surface area contributed by atoms with Crippen molar-refractivity contribution in [3.8, 4) is 0 Å². The third-order valence-electron chi connectivity index (χ3n) is 0.893. The maximum Gasteiger partial charge on any atom is 1.00 e. The van der Waals surface area contributed by atoms with E-state index in [1.807, 2.05) is 0 Å². The zero-order chi connectivity index (χ0) is 5.54. The first-order chi connectivity index (χ1) is 3.41. The second-order valence-electron chi connectivity index (χ2n) is 1.62. The molecule has 0 aliphatic heterocycles. The van der Waals surface area contributed by atoms with E-state index in [9.17, 15) is 0 Å². The van der Waals surface area contributed by atoms with E-state index in [1.165, 1.54) is 12.8 Å². The van der Waals surface area contributed by atoms with Gasteiger partial charge in [-0.25, -0.2) is 0 Å². The van der Waals surface area contributed by atoms with Gasteiger partial charge in [0, 0.05) is 0 Å². The number of hydrogen-bond donors (Lipinski definition) is 0. The van der Waals surface area contributed by atoms with E-state index in [1.54, 1.807) is 0 Å². The SMILES string of the molecule is CCCC[N-]CC.[K+]. The van der Waals surface area contributed by atoms with Gasteiger partial charge in [-0.2, -0.15) is 6.54 Å². The van der Waals surface area contributed by atoms with Crippen molar-refractivity contribution in [2.24, 2.45) is 0 Å². The van der Waals surface area contributed by atoms with E-state index in [-0.39, 0.29) is 51.4 Å². The standard InChI is InChI=1S/C6H14N.K/c1-3-5-6-7-4-2;/h3-6H2,1-2H3;/q-1;+1. The molecule has 0 N–H and O–H groups in total. The fraction of sp³-hybridized carbons (Fsp3) is 1.00. The first kappa shape index (κ1) is 12.3. The first-order valence-corrected chi connectivity index (χ1v) is 3.05. The summed E-state index contributed by atoms with van der Waals surface area (Å²) in [4.78, 5) is 0. The van der Waals surface area contributed by atoms with Gasteiger partial charge in [-0.1, -0.05) is 26.7 Å². The van der Waals surface area contributed by atoms with E-state index >= 15 is 0 Å². The van der Waals surface area contributed by atoms with Crippen LogP contribution in [0.1, 0.15) is 26.7 Å². The van der Waals surface area contributed by atoms with Crippen LogP contribution in [0, 0.1) is 0 Å². The Labute approximate surface area is 95.0 Å². The largest absolute Gasteiger partial charge is 1.00 e. The molecule has 0 amide bonds. The Morgan fingerprint density at radius 2 is 1.88 bits per heavy atom. The molecule has 0 atom stereocenters. The minimum atomic E-state index is 0. The van der Waals surface area contributed by atoms with Crippen LogP contribution in [0.25, 0.3) is 5.32 Å². The molecule has 8 heavy (non-hydrogen) atoms. The van der Waals surface area contributed by atoms with E-state index < -0.39 is 0 Å². The van der Waals surface area contributed by atoms with Crippen LogP contribution in [0.15, 0.2) is 0 Å². The normalized spacial score (nSPS) is 8.25. The molecule has 0 aromatic carbocycles. The molecule has 0 heterocycles. The van der Waals surface area contributed by atoms with Gasteiger partial charge in [0.05, 0.1) is 0 Å². The van der Waals surface area contributed by atoms with Gasteiger partial charge >= 0.3 is 51.4 Å². The molecule has 0 aliphatic rings. The molecule has 1 nitrogen and oxygen atoms in total. The Kier molecular flexibility index (Phi) is 17.5. The Morgan fingerprint density at radius 1 is 1.25 bits per heavy atom. The summed E-state index contributed by atoms with van der Waals surface area (Å²) in [6.45, 7) is 6.31. The molecular weight excluding hydrogens is 125 g/mol. The summed E-state index contributed by atoms with van der Waals surface area (Å²) in [6, 6.07) is 0. The van der Waals surface area contributed by atoms with E-state index in [0.717, 1.165) is 13.1 Å². The topological polar surface area (TPSA) is 14.1 Å². The third-order valence-corrected chi connectivity index (χ3v) is 0.893. The Hall–Kier alpha value is 1.60. The van der Waals surface area contributed by atoms with Crippen molar-refractivity contribution >= 4 is 0 Å². The van der Waals surface area contributed by atoms with Gasteiger partial charge in [-0.15, -0.1) is 6.54 Å². The second-order valence-corrected chi connectivity index (χ2v) is 1.62. The zero-order valence-corrected chi connectivity index (χ0v) is 9.40. The van der Waals surface area contributed by atoms with Gasteiger partial charge in [0.2, 0.25) is 0 Å². The molecule has 0 saturated carbocycles. The second kappa shape index (κ2) is 11.4. The van der Waals surface area contributed by atoms with Gasteiger partial charge < -0.3 is 5.32 Å². The number of nitrogens with zero attached hydrogens (tertiary/aromatic N) is 1. The number of unbranched alkanes of at least 4 members (excludes halogenated alkanes) is 1. The molecular formula is C6H14KN. The summed E-state index contributed by atoms with van der Waals surface area (Å²) in [5.74, 6) is 0. The molecule has 0 fully saturated rings. The maximum atomic E-state index is 4.16. The monoisotopic (exact) mass is 139 g/mol. The van der Waals surface area contributed by atoms with Crippen molar-refractivity contribution < 1.29 is 51.4 Å². The molecule has 0 unspecified atom stereocenters. The van der Waals surface area contributed by atoms with Crippen LogP contribution in [0.2, 0.25) is 0 Å². The van der Waals surface area contributed by atoms with Crippen LogP contribution in [0.3, 0.4) is 0 Å². The van der Waals surface area contributed by atoms with Crippen molar-refractivity contribution in [1.29, 1.82) is 0 Å². The molecule has 0 rings (SSSR count). The molecule has 2 heteroatoms. The minimum absolute atomic E-state index is 0. The summed E-state index contributed by atoms with van der Waals surface area (Å²) in [5, 5.41) is 4.16. The van der Waals surface area contributed by atoms with Crippen molar-refractivity contribution in [3.05, 3.63) is 5.32 Å². The predicted molar refractivity (Wildman–Crippen MR) is 33.7 cm³/mol. The Bertz CT molecular complexity index is 27.7.